The highest BCUT2D eigenvalue weighted by Crippen LogP contribution is 2.25. The SMILES string of the molecule is CNc1ccc([N+](=O)[O-])cc1S(=O)(=O)NN(C)C. The van der Waals surface area contributed by atoms with Gasteiger partial charge in [0.1, 0.15) is 4.90 Å². The number of non-ortho nitro benzene ring substituents is 1. The second-order valence-corrected chi connectivity index (χ2v) is 5.31. The van der Waals surface area contributed by atoms with Gasteiger partial charge >= 0.3 is 0 Å². The first-order valence-electron chi connectivity index (χ1n) is 4.94. The van der Waals surface area contributed by atoms with Crippen molar-refractivity contribution in [3.8, 4) is 0 Å². The summed E-state index contributed by atoms with van der Waals surface area (Å²) < 4.78 is 24.0. The lowest BCUT2D eigenvalue weighted by molar-refractivity contribution is -0.385. The maximum Gasteiger partial charge on any atom is 0.270 e. The van der Waals surface area contributed by atoms with Crippen LogP contribution in [0.25, 0.3) is 0 Å². The highest BCUT2D eigenvalue weighted by Gasteiger charge is 2.22. The first-order chi connectivity index (χ1) is 8.27. The minimum Gasteiger partial charge on any atom is -0.387 e. The number of benzene rings is 1. The lowest BCUT2D eigenvalue weighted by atomic mass is 10.3. The van der Waals surface area contributed by atoms with E-state index in [0.29, 0.717) is 0 Å². The van der Waals surface area contributed by atoms with Crippen LogP contribution in [0.4, 0.5) is 11.4 Å². The van der Waals surface area contributed by atoms with Crippen LogP contribution < -0.4 is 10.1 Å². The molecule has 2 N–H and O–H groups in total. The van der Waals surface area contributed by atoms with E-state index in [2.05, 4.69) is 10.1 Å². The van der Waals surface area contributed by atoms with Gasteiger partial charge in [-0.25, -0.2) is 13.4 Å². The van der Waals surface area contributed by atoms with Gasteiger partial charge in [-0.3, -0.25) is 10.1 Å². The van der Waals surface area contributed by atoms with Crippen molar-refractivity contribution in [1.29, 1.82) is 0 Å². The quantitative estimate of drug-likeness (QED) is 0.594. The predicted molar refractivity (Wildman–Crippen MR) is 66.7 cm³/mol. The smallest absolute Gasteiger partial charge is 0.270 e. The largest absolute Gasteiger partial charge is 0.387 e. The molecule has 0 atom stereocenters. The Morgan fingerprint density at radius 2 is 1.94 bits per heavy atom. The second kappa shape index (κ2) is 5.29. The maximum atomic E-state index is 12.0. The Labute approximate surface area is 105 Å². The molecule has 0 saturated carbocycles. The summed E-state index contributed by atoms with van der Waals surface area (Å²) in [5.74, 6) is 0. The van der Waals surface area contributed by atoms with E-state index in [9.17, 15) is 18.5 Å². The number of nitrogens with one attached hydrogen (secondary N) is 2. The molecule has 1 aromatic carbocycles. The Morgan fingerprint density at radius 1 is 1.33 bits per heavy atom. The summed E-state index contributed by atoms with van der Waals surface area (Å²) >= 11 is 0. The number of nitro groups is 1. The molecule has 0 aromatic heterocycles. The number of anilines is 1. The molecule has 0 aliphatic rings. The van der Waals surface area contributed by atoms with Gasteiger partial charge in [0.15, 0.2) is 0 Å². The van der Waals surface area contributed by atoms with Gasteiger partial charge in [-0.05, 0) is 6.07 Å². The average molecular weight is 274 g/mol. The Balaban J connectivity index is 3.36. The first-order valence-corrected chi connectivity index (χ1v) is 6.42. The van der Waals surface area contributed by atoms with E-state index in [4.69, 9.17) is 0 Å². The molecule has 0 aliphatic carbocycles. The molecule has 0 radical (unpaired) electrons. The predicted octanol–water partition coefficient (Wildman–Crippen LogP) is 0.391. The van der Waals surface area contributed by atoms with Gasteiger partial charge in [0.2, 0.25) is 0 Å². The van der Waals surface area contributed by atoms with E-state index in [1.165, 1.54) is 38.3 Å². The van der Waals surface area contributed by atoms with Crippen LogP contribution in [0, 0.1) is 10.1 Å². The molecular weight excluding hydrogens is 260 g/mol. The maximum absolute atomic E-state index is 12.0. The van der Waals surface area contributed by atoms with E-state index in [1.54, 1.807) is 0 Å². The minimum absolute atomic E-state index is 0.173. The fourth-order valence-corrected chi connectivity index (χ4v) is 2.66. The minimum atomic E-state index is -3.85. The molecule has 0 unspecified atom stereocenters. The van der Waals surface area contributed by atoms with Gasteiger partial charge in [0.25, 0.3) is 15.7 Å². The second-order valence-electron chi connectivity index (χ2n) is 3.68. The van der Waals surface area contributed by atoms with Crippen molar-refractivity contribution in [3.63, 3.8) is 0 Å². The molecule has 100 valence electrons. The van der Waals surface area contributed by atoms with Gasteiger partial charge in [-0.2, -0.15) is 0 Å². The Morgan fingerprint density at radius 3 is 2.39 bits per heavy atom. The average Bonchev–Trinajstić information content (AvgIpc) is 2.26. The zero-order chi connectivity index (χ0) is 13.9. The van der Waals surface area contributed by atoms with E-state index in [1.807, 2.05) is 0 Å². The van der Waals surface area contributed by atoms with Gasteiger partial charge < -0.3 is 5.32 Å². The van der Waals surface area contributed by atoms with Crippen molar-refractivity contribution in [2.24, 2.45) is 0 Å². The molecule has 18 heavy (non-hydrogen) atoms. The monoisotopic (exact) mass is 274 g/mol. The van der Waals surface area contributed by atoms with Crippen LogP contribution in [0.15, 0.2) is 23.1 Å². The number of hydrogen-bond acceptors (Lipinski definition) is 6. The molecule has 9 heteroatoms. The summed E-state index contributed by atoms with van der Waals surface area (Å²) in [5.41, 5.74) is 0.00285. The molecule has 0 amide bonds. The van der Waals surface area contributed by atoms with Crippen LogP contribution in [0.1, 0.15) is 0 Å². The van der Waals surface area contributed by atoms with Crippen molar-refractivity contribution in [2.45, 2.75) is 4.90 Å². The van der Waals surface area contributed by atoms with Crippen LogP contribution in [0.3, 0.4) is 0 Å². The summed E-state index contributed by atoms with van der Waals surface area (Å²) in [6.45, 7) is 0. The summed E-state index contributed by atoms with van der Waals surface area (Å²) in [7, 11) is 0.704. The number of sulfonamides is 1. The third-order valence-electron chi connectivity index (χ3n) is 2.04. The van der Waals surface area contributed by atoms with Crippen LogP contribution in [-0.4, -0.2) is 39.5 Å². The number of hydrazine groups is 1. The summed E-state index contributed by atoms with van der Waals surface area (Å²) in [6.07, 6.45) is 0. The van der Waals surface area contributed by atoms with E-state index in [-0.39, 0.29) is 16.3 Å². The topological polar surface area (TPSA) is 105 Å². The fourth-order valence-electron chi connectivity index (χ4n) is 1.34. The number of rotatable bonds is 5. The third kappa shape index (κ3) is 3.15. The summed E-state index contributed by atoms with van der Waals surface area (Å²) in [5, 5.41) is 14.6. The molecule has 0 fully saturated rings. The number of hydrogen-bond donors (Lipinski definition) is 2. The van der Waals surface area contributed by atoms with Crippen molar-refractivity contribution in [2.75, 3.05) is 26.5 Å². The Kier molecular flexibility index (Phi) is 4.22. The highest BCUT2D eigenvalue weighted by molar-refractivity contribution is 7.89. The lowest BCUT2D eigenvalue weighted by Gasteiger charge is -2.14. The van der Waals surface area contributed by atoms with Crippen LogP contribution in [-0.2, 0) is 10.0 Å². The zero-order valence-corrected chi connectivity index (χ0v) is 11.0. The van der Waals surface area contributed by atoms with E-state index < -0.39 is 14.9 Å². The van der Waals surface area contributed by atoms with Gasteiger partial charge in [-0.1, -0.05) is 0 Å². The molecule has 0 heterocycles. The molecule has 1 rings (SSSR count). The zero-order valence-electron chi connectivity index (χ0n) is 10.2. The molecule has 1 aromatic rings. The lowest BCUT2D eigenvalue weighted by Crippen LogP contribution is -2.36. The summed E-state index contributed by atoms with van der Waals surface area (Å²) in [4.78, 5) is 12.1. The molecular formula is C9H14N4O4S. The van der Waals surface area contributed by atoms with E-state index in [0.717, 1.165) is 6.07 Å². The van der Waals surface area contributed by atoms with Crippen LogP contribution in [0.5, 0.6) is 0 Å². The van der Waals surface area contributed by atoms with Crippen molar-refractivity contribution >= 4 is 21.4 Å². The van der Waals surface area contributed by atoms with E-state index >= 15 is 0 Å². The molecule has 0 spiro atoms. The highest BCUT2D eigenvalue weighted by atomic mass is 32.2. The normalized spacial score (nSPS) is 11.6. The number of nitrogens with zero attached hydrogens (tertiary/aromatic N) is 2. The Hall–Kier alpha value is -1.71. The molecule has 0 aliphatic heterocycles. The van der Waals surface area contributed by atoms with Gasteiger partial charge in [0, 0.05) is 33.3 Å². The van der Waals surface area contributed by atoms with Crippen molar-refractivity contribution in [1.82, 2.24) is 9.84 Å². The third-order valence-corrected chi connectivity index (χ3v) is 3.56. The Bertz CT molecular complexity index is 556. The number of nitro benzene ring substituents is 1. The van der Waals surface area contributed by atoms with Crippen LogP contribution in [0.2, 0.25) is 0 Å². The van der Waals surface area contributed by atoms with Crippen molar-refractivity contribution in [3.05, 3.63) is 28.3 Å². The van der Waals surface area contributed by atoms with Gasteiger partial charge in [-0.15, -0.1) is 4.83 Å². The molecule has 0 saturated heterocycles. The summed E-state index contributed by atoms with van der Waals surface area (Å²) in [6, 6.07) is 3.60. The molecule has 8 nitrogen and oxygen atoms in total. The molecule has 0 bridgehead atoms. The first kappa shape index (κ1) is 14.4. The van der Waals surface area contributed by atoms with Gasteiger partial charge in [0.05, 0.1) is 10.6 Å². The fraction of sp³-hybridized carbons (Fsp3) is 0.333. The van der Waals surface area contributed by atoms with Crippen LogP contribution >= 0.6 is 0 Å². The van der Waals surface area contributed by atoms with Crippen molar-refractivity contribution < 1.29 is 13.3 Å². The standard InChI is InChI=1S/C9H14N4O4S/c1-10-8-5-4-7(13(14)15)6-9(8)18(16,17)11-12(2)3/h4-6,10-11H,1-3H3.